The predicted molar refractivity (Wildman–Crippen MR) is 134 cm³/mol. The fourth-order valence-electron chi connectivity index (χ4n) is 5.14. The van der Waals surface area contributed by atoms with Crippen LogP contribution in [0.3, 0.4) is 0 Å². The Morgan fingerprint density at radius 1 is 1.22 bits per heavy atom. The second-order valence-corrected chi connectivity index (χ2v) is 9.41. The number of ether oxygens (including phenoxy) is 1. The number of aromatic nitrogens is 2. The Kier molecular flexibility index (Phi) is 6.49. The summed E-state index contributed by atoms with van der Waals surface area (Å²) in [5, 5.41) is 13.8. The van der Waals surface area contributed by atoms with Crippen LogP contribution in [0, 0.1) is 6.92 Å². The van der Waals surface area contributed by atoms with Crippen LogP contribution in [0.4, 0.5) is 15.3 Å². The molecule has 36 heavy (non-hydrogen) atoms. The molecule has 3 heterocycles. The number of hydrogen-bond acceptors (Lipinski definition) is 5. The molecule has 3 N–H and O–H groups in total. The maximum atomic E-state index is 13.1. The summed E-state index contributed by atoms with van der Waals surface area (Å²) in [4.78, 5) is 41.8. The summed E-state index contributed by atoms with van der Waals surface area (Å²) < 4.78 is 4.97. The number of H-pyrrole nitrogens is 1. The van der Waals surface area contributed by atoms with Crippen LogP contribution in [0.25, 0.3) is 10.9 Å². The van der Waals surface area contributed by atoms with Crippen LogP contribution >= 0.6 is 0 Å². The molecule has 2 aliphatic heterocycles. The van der Waals surface area contributed by atoms with E-state index in [0.717, 1.165) is 33.3 Å². The first-order valence-corrected chi connectivity index (χ1v) is 12.1. The number of methoxy groups -OCH3 is 1. The molecule has 1 aromatic heterocycles. The molecule has 1 atom stereocenters. The molecule has 5 rings (SSSR count). The number of fused-ring (bicyclic) bond motifs is 2. The van der Waals surface area contributed by atoms with Gasteiger partial charge in [0.2, 0.25) is 0 Å². The van der Waals surface area contributed by atoms with Crippen LogP contribution in [0.15, 0.2) is 42.6 Å². The van der Waals surface area contributed by atoms with Crippen molar-refractivity contribution in [1.82, 2.24) is 25.3 Å². The van der Waals surface area contributed by atoms with E-state index in [0.29, 0.717) is 38.9 Å². The Morgan fingerprint density at radius 2 is 2.00 bits per heavy atom. The highest BCUT2D eigenvalue weighted by molar-refractivity contribution is 5.92. The zero-order valence-corrected chi connectivity index (χ0v) is 20.4. The molecular weight excluding hydrogens is 460 g/mol. The number of aryl methyl sites for hydroxylation is 1. The van der Waals surface area contributed by atoms with E-state index in [9.17, 15) is 14.4 Å². The number of rotatable bonds is 5. The monoisotopic (exact) mass is 490 g/mol. The van der Waals surface area contributed by atoms with Gasteiger partial charge in [-0.25, -0.2) is 14.4 Å². The number of para-hydroxylation sites is 1. The summed E-state index contributed by atoms with van der Waals surface area (Å²) in [5.74, 6) is -0.494. The fourth-order valence-corrected chi connectivity index (χ4v) is 5.14. The fraction of sp³-hybridized carbons (Fsp3) is 0.385. The average molecular weight is 491 g/mol. The predicted octanol–water partition coefficient (Wildman–Crippen LogP) is 3.18. The number of urea groups is 2. The molecule has 10 nitrogen and oxygen atoms in total. The third-order valence-corrected chi connectivity index (χ3v) is 7.08. The molecule has 0 saturated carbocycles. The van der Waals surface area contributed by atoms with Gasteiger partial charge in [-0.1, -0.05) is 24.3 Å². The van der Waals surface area contributed by atoms with Crippen LogP contribution in [0.1, 0.15) is 29.5 Å². The standard InChI is InChI=1S/C26H30N6O4/c1-16-11-17(12-19-14-27-30-23(16)19)13-22(24(33)36-2)29-25(34)31-9-7-20(8-10-31)32-15-18-5-3-4-6-21(18)28-26(32)35/h3-6,11-12,14,20,22H,7-10,13,15H2,1-2H3,(H,27,30)(H,28,35)(H,29,34)/t22-/m0/s1. The topological polar surface area (TPSA) is 120 Å². The smallest absolute Gasteiger partial charge is 0.328 e. The molecule has 3 aromatic rings. The minimum atomic E-state index is -0.812. The van der Waals surface area contributed by atoms with E-state index >= 15 is 0 Å². The molecule has 188 valence electrons. The SMILES string of the molecule is COC(=O)[C@H](Cc1cc(C)c2[nH]ncc2c1)NC(=O)N1CCC(N2Cc3ccccc3NC2=O)CC1. The van der Waals surface area contributed by atoms with Crippen LogP contribution in [-0.2, 0) is 22.5 Å². The zero-order valence-electron chi connectivity index (χ0n) is 20.4. The van der Waals surface area contributed by atoms with Crippen molar-refractivity contribution in [2.45, 2.75) is 44.8 Å². The van der Waals surface area contributed by atoms with Gasteiger partial charge >= 0.3 is 18.0 Å². The summed E-state index contributed by atoms with van der Waals surface area (Å²) in [6, 6.07) is 10.6. The third-order valence-electron chi connectivity index (χ3n) is 7.08. The second kappa shape index (κ2) is 9.88. The Bertz CT molecular complexity index is 1300. The normalized spacial score (nSPS) is 16.9. The van der Waals surface area contributed by atoms with Crippen molar-refractivity contribution in [3.8, 4) is 0 Å². The number of carbonyl (C=O) groups excluding carboxylic acids is 3. The van der Waals surface area contributed by atoms with Crippen LogP contribution in [0.2, 0.25) is 0 Å². The highest BCUT2D eigenvalue weighted by Gasteiger charge is 2.33. The van der Waals surface area contributed by atoms with E-state index in [1.165, 1.54) is 7.11 Å². The van der Waals surface area contributed by atoms with Crippen molar-refractivity contribution in [3.63, 3.8) is 0 Å². The summed E-state index contributed by atoms with van der Waals surface area (Å²) in [6.07, 6.45) is 3.39. The molecule has 2 aliphatic rings. The van der Waals surface area contributed by atoms with E-state index in [-0.39, 0.29) is 18.1 Å². The van der Waals surface area contributed by atoms with E-state index in [1.54, 1.807) is 11.1 Å². The van der Waals surface area contributed by atoms with Crippen molar-refractivity contribution < 1.29 is 19.1 Å². The van der Waals surface area contributed by atoms with Gasteiger partial charge in [0.05, 0.1) is 18.8 Å². The average Bonchev–Trinajstić information content (AvgIpc) is 3.37. The van der Waals surface area contributed by atoms with Gasteiger partial charge in [0.25, 0.3) is 0 Å². The molecule has 0 spiro atoms. The number of benzene rings is 2. The Hall–Kier alpha value is -4.08. The van der Waals surface area contributed by atoms with E-state index in [1.807, 2.05) is 48.2 Å². The van der Waals surface area contributed by atoms with Crippen molar-refractivity contribution in [1.29, 1.82) is 0 Å². The summed E-state index contributed by atoms with van der Waals surface area (Å²) in [7, 11) is 1.32. The molecule has 1 saturated heterocycles. The number of hydrogen-bond donors (Lipinski definition) is 3. The number of nitrogens with one attached hydrogen (secondary N) is 3. The maximum Gasteiger partial charge on any atom is 0.328 e. The first kappa shape index (κ1) is 23.7. The molecule has 0 unspecified atom stereocenters. The molecule has 2 aromatic carbocycles. The molecular formula is C26H30N6O4. The van der Waals surface area contributed by atoms with E-state index in [2.05, 4.69) is 20.8 Å². The van der Waals surface area contributed by atoms with Crippen molar-refractivity contribution in [3.05, 3.63) is 59.3 Å². The summed E-state index contributed by atoms with van der Waals surface area (Å²) in [6.45, 7) is 3.52. The van der Waals surface area contributed by atoms with Crippen LogP contribution < -0.4 is 10.6 Å². The first-order valence-electron chi connectivity index (χ1n) is 12.1. The van der Waals surface area contributed by atoms with Crippen molar-refractivity contribution in [2.75, 3.05) is 25.5 Å². The van der Waals surface area contributed by atoms with E-state index in [4.69, 9.17) is 4.74 Å². The lowest BCUT2D eigenvalue weighted by atomic mass is 10.0. The number of esters is 1. The Labute approximate surface area is 209 Å². The van der Waals surface area contributed by atoms with Crippen LogP contribution in [-0.4, -0.2) is 70.3 Å². The van der Waals surface area contributed by atoms with E-state index < -0.39 is 12.0 Å². The Morgan fingerprint density at radius 3 is 2.78 bits per heavy atom. The van der Waals surface area contributed by atoms with Gasteiger partial charge in [0.1, 0.15) is 6.04 Å². The van der Waals surface area contributed by atoms with Crippen molar-refractivity contribution >= 4 is 34.6 Å². The lowest BCUT2D eigenvalue weighted by molar-refractivity contribution is -0.142. The molecule has 0 aliphatic carbocycles. The number of likely N-dealkylation sites (tertiary alicyclic amines) is 1. The maximum absolute atomic E-state index is 13.1. The highest BCUT2D eigenvalue weighted by atomic mass is 16.5. The van der Waals surface area contributed by atoms with Gasteiger partial charge in [0, 0.05) is 43.2 Å². The molecule has 0 radical (unpaired) electrons. The lowest BCUT2D eigenvalue weighted by Crippen LogP contribution is -2.54. The van der Waals surface area contributed by atoms with Gasteiger partial charge in [-0.3, -0.25) is 5.10 Å². The largest absolute Gasteiger partial charge is 0.467 e. The highest BCUT2D eigenvalue weighted by Crippen LogP contribution is 2.27. The van der Waals surface area contributed by atoms with Crippen LogP contribution in [0.5, 0.6) is 0 Å². The summed E-state index contributed by atoms with van der Waals surface area (Å²) >= 11 is 0. The molecule has 4 amide bonds. The van der Waals surface area contributed by atoms with Crippen molar-refractivity contribution in [2.24, 2.45) is 0 Å². The number of amides is 4. The van der Waals surface area contributed by atoms with Gasteiger partial charge in [0.15, 0.2) is 0 Å². The Balaban J connectivity index is 1.20. The zero-order chi connectivity index (χ0) is 25.2. The molecule has 0 bridgehead atoms. The minimum absolute atomic E-state index is 0.0449. The van der Waals surface area contributed by atoms with Gasteiger partial charge < -0.3 is 25.2 Å². The third kappa shape index (κ3) is 4.71. The lowest BCUT2D eigenvalue weighted by Gasteiger charge is -2.40. The number of anilines is 1. The number of aromatic amines is 1. The molecule has 1 fully saturated rings. The number of piperidine rings is 1. The van der Waals surface area contributed by atoms with Gasteiger partial charge in [-0.05, 0) is 48.6 Å². The molecule has 10 heteroatoms. The minimum Gasteiger partial charge on any atom is -0.467 e. The van der Waals surface area contributed by atoms with Gasteiger partial charge in [-0.2, -0.15) is 5.10 Å². The second-order valence-electron chi connectivity index (χ2n) is 9.41. The quantitative estimate of drug-likeness (QED) is 0.475. The number of carbonyl (C=O) groups is 3. The number of nitrogens with zero attached hydrogens (tertiary/aromatic N) is 3. The summed E-state index contributed by atoms with van der Waals surface area (Å²) in [5.41, 5.74) is 4.81. The first-order chi connectivity index (χ1) is 17.4. The van der Waals surface area contributed by atoms with Gasteiger partial charge in [-0.15, -0.1) is 0 Å².